The highest BCUT2D eigenvalue weighted by Gasteiger charge is 2.14. The highest BCUT2D eigenvalue weighted by atomic mass is 79.9. The third-order valence-corrected chi connectivity index (χ3v) is 4.06. The third kappa shape index (κ3) is 4.18. The molecule has 1 aromatic carbocycles. The van der Waals surface area contributed by atoms with Gasteiger partial charge in [-0.15, -0.1) is 5.10 Å². The van der Waals surface area contributed by atoms with Gasteiger partial charge >= 0.3 is 6.01 Å². The molecule has 0 bridgehead atoms. The van der Waals surface area contributed by atoms with Gasteiger partial charge in [0.25, 0.3) is 0 Å². The van der Waals surface area contributed by atoms with Crippen molar-refractivity contribution in [2.45, 2.75) is 33.2 Å². The van der Waals surface area contributed by atoms with E-state index in [1.807, 2.05) is 26.0 Å². The Morgan fingerprint density at radius 2 is 2.14 bits per heavy atom. The van der Waals surface area contributed by atoms with Crippen LogP contribution in [0.2, 0.25) is 5.02 Å². The largest absolute Gasteiger partial charge is 0.406 e. The van der Waals surface area contributed by atoms with Crippen molar-refractivity contribution in [2.75, 3.05) is 11.9 Å². The molecule has 1 aromatic heterocycles. The molecule has 2 aromatic rings. The second-order valence-corrected chi connectivity index (χ2v) is 6.09. The average Bonchev–Trinajstić information content (AvgIpc) is 2.91. The number of aromatic nitrogens is 2. The smallest absolute Gasteiger partial charge is 0.320 e. The summed E-state index contributed by atoms with van der Waals surface area (Å²) in [5.41, 5.74) is 1.78. The lowest BCUT2D eigenvalue weighted by molar-refractivity contribution is 0.424. The summed E-state index contributed by atoms with van der Waals surface area (Å²) in [6.07, 6.45) is 1.05. The Kier molecular flexibility index (Phi) is 5.61. The lowest BCUT2D eigenvalue weighted by Crippen LogP contribution is -2.19. The topological polar surface area (TPSA) is 63.0 Å². The van der Waals surface area contributed by atoms with Crippen LogP contribution in [0.3, 0.4) is 0 Å². The molecule has 0 saturated carbocycles. The van der Waals surface area contributed by atoms with Crippen LogP contribution in [-0.4, -0.2) is 16.7 Å². The maximum atomic E-state index is 6.13. The summed E-state index contributed by atoms with van der Waals surface area (Å²) in [6.45, 7) is 6.96. The maximum absolute atomic E-state index is 6.13. The Balaban J connectivity index is 2.11. The molecule has 0 aliphatic heterocycles. The van der Waals surface area contributed by atoms with Crippen LogP contribution in [0.25, 0.3) is 0 Å². The van der Waals surface area contributed by atoms with Crippen LogP contribution < -0.4 is 10.6 Å². The van der Waals surface area contributed by atoms with Gasteiger partial charge in [0.15, 0.2) is 0 Å². The second-order valence-electron chi connectivity index (χ2n) is 4.83. The molecule has 2 rings (SSSR count). The molecule has 0 spiro atoms. The molecule has 0 aliphatic carbocycles. The summed E-state index contributed by atoms with van der Waals surface area (Å²) < 4.78 is 6.50. The van der Waals surface area contributed by atoms with Crippen molar-refractivity contribution in [1.29, 1.82) is 0 Å². The molecule has 0 fully saturated rings. The van der Waals surface area contributed by atoms with E-state index in [-0.39, 0.29) is 6.04 Å². The van der Waals surface area contributed by atoms with Crippen molar-refractivity contribution in [3.8, 4) is 0 Å². The van der Waals surface area contributed by atoms with Gasteiger partial charge in [-0.3, -0.25) is 0 Å². The zero-order chi connectivity index (χ0) is 15.4. The van der Waals surface area contributed by atoms with Gasteiger partial charge in [-0.25, -0.2) is 0 Å². The monoisotopic (exact) mass is 372 g/mol. The van der Waals surface area contributed by atoms with E-state index in [4.69, 9.17) is 16.0 Å². The number of benzene rings is 1. The first-order chi connectivity index (χ1) is 10.0. The van der Waals surface area contributed by atoms with Gasteiger partial charge in [-0.05, 0) is 60.4 Å². The zero-order valence-electron chi connectivity index (χ0n) is 12.2. The molecule has 0 radical (unpaired) electrons. The number of nitrogens with zero attached hydrogens (tertiary/aromatic N) is 2. The highest BCUT2D eigenvalue weighted by Crippen LogP contribution is 2.31. The van der Waals surface area contributed by atoms with Crippen molar-refractivity contribution < 1.29 is 4.42 Å². The molecule has 7 heteroatoms. The third-order valence-electron chi connectivity index (χ3n) is 3.00. The first-order valence-electron chi connectivity index (χ1n) is 6.80. The van der Waals surface area contributed by atoms with Crippen molar-refractivity contribution in [2.24, 2.45) is 0 Å². The molecule has 0 amide bonds. The van der Waals surface area contributed by atoms with Crippen LogP contribution in [0.15, 0.2) is 21.0 Å². The van der Waals surface area contributed by atoms with Crippen LogP contribution >= 0.6 is 27.5 Å². The molecule has 1 atom stereocenters. The van der Waals surface area contributed by atoms with E-state index in [1.165, 1.54) is 0 Å². The second kappa shape index (κ2) is 7.24. The van der Waals surface area contributed by atoms with Gasteiger partial charge in [0.2, 0.25) is 5.89 Å². The van der Waals surface area contributed by atoms with E-state index >= 15 is 0 Å². The fraction of sp³-hybridized carbons (Fsp3) is 0.429. The van der Waals surface area contributed by atoms with Crippen molar-refractivity contribution in [1.82, 2.24) is 15.5 Å². The minimum absolute atomic E-state index is 0.0260. The quantitative estimate of drug-likeness (QED) is 0.775. The number of aryl methyl sites for hydroxylation is 1. The number of anilines is 2. The molecule has 1 unspecified atom stereocenters. The minimum atomic E-state index is 0.0260. The molecule has 0 saturated heterocycles. The fourth-order valence-electron chi connectivity index (χ4n) is 1.77. The predicted octanol–water partition coefficient (Wildman–Crippen LogP) is 4.60. The first kappa shape index (κ1) is 16.3. The SMILES string of the molecule is CCCNC(C)c1nnc(Nc2cc(Cl)c(C)cc2Br)o1. The lowest BCUT2D eigenvalue weighted by atomic mass is 10.2. The Morgan fingerprint density at radius 3 is 2.86 bits per heavy atom. The van der Waals surface area contributed by atoms with Gasteiger partial charge in [-0.1, -0.05) is 23.6 Å². The van der Waals surface area contributed by atoms with Crippen molar-refractivity contribution >= 4 is 39.2 Å². The van der Waals surface area contributed by atoms with E-state index in [0.717, 1.165) is 28.7 Å². The van der Waals surface area contributed by atoms with Gasteiger partial charge in [-0.2, -0.15) is 0 Å². The number of nitrogens with one attached hydrogen (secondary N) is 2. The number of hydrogen-bond acceptors (Lipinski definition) is 5. The minimum Gasteiger partial charge on any atom is -0.406 e. The Hall–Kier alpha value is -1.11. The summed E-state index contributed by atoms with van der Waals surface area (Å²) in [7, 11) is 0. The predicted molar refractivity (Wildman–Crippen MR) is 88.2 cm³/mol. The van der Waals surface area contributed by atoms with Gasteiger partial charge in [0.05, 0.1) is 11.7 Å². The summed E-state index contributed by atoms with van der Waals surface area (Å²) in [6, 6.07) is 4.13. The molecule has 114 valence electrons. The summed E-state index contributed by atoms with van der Waals surface area (Å²) >= 11 is 9.61. The van der Waals surface area contributed by atoms with E-state index in [1.54, 1.807) is 0 Å². The summed E-state index contributed by atoms with van der Waals surface area (Å²) in [5, 5.41) is 15.1. The van der Waals surface area contributed by atoms with Crippen LogP contribution in [0.5, 0.6) is 0 Å². The van der Waals surface area contributed by atoms with Crippen LogP contribution in [0.4, 0.5) is 11.7 Å². The van der Waals surface area contributed by atoms with E-state index in [9.17, 15) is 0 Å². The van der Waals surface area contributed by atoms with Crippen molar-refractivity contribution in [3.63, 3.8) is 0 Å². The van der Waals surface area contributed by atoms with Crippen LogP contribution in [0, 0.1) is 6.92 Å². The molecule has 1 heterocycles. The van der Waals surface area contributed by atoms with Gasteiger partial charge in [0.1, 0.15) is 0 Å². The Morgan fingerprint density at radius 1 is 1.38 bits per heavy atom. The standard InChI is InChI=1S/C14H18BrClN4O/c1-4-5-17-9(3)13-19-20-14(21-13)18-12-7-11(16)8(2)6-10(12)15/h6-7,9,17H,4-5H2,1-3H3,(H,18,20). The fourth-order valence-corrected chi connectivity index (χ4v) is 2.49. The Labute approximate surface area is 137 Å². The van der Waals surface area contributed by atoms with Crippen molar-refractivity contribution in [3.05, 3.63) is 33.1 Å². The van der Waals surface area contributed by atoms with Gasteiger partial charge < -0.3 is 15.1 Å². The summed E-state index contributed by atoms with van der Waals surface area (Å²) in [5.74, 6) is 0.556. The molecule has 21 heavy (non-hydrogen) atoms. The molecule has 0 aliphatic rings. The number of hydrogen-bond donors (Lipinski definition) is 2. The molecular weight excluding hydrogens is 356 g/mol. The Bertz CT molecular complexity index is 617. The number of halogens is 2. The van der Waals surface area contributed by atoms with Gasteiger partial charge in [0, 0.05) is 9.50 Å². The molecular formula is C14H18BrClN4O. The van der Waals surface area contributed by atoms with E-state index in [0.29, 0.717) is 16.9 Å². The first-order valence-corrected chi connectivity index (χ1v) is 7.97. The van der Waals surface area contributed by atoms with E-state index in [2.05, 4.69) is 43.7 Å². The number of rotatable bonds is 6. The molecule has 5 nitrogen and oxygen atoms in total. The average molecular weight is 374 g/mol. The lowest BCUT2D eigenvalue weighted by Gasteiger charge is -2.08. The van der Waals surface area contributed by atoms with E-state index < -0.39 is 0 Å². The maximum Gasteiger partial charge on any atom is 0.320 e. The molecule has 2 N–H and O–H groups in total. The van der Waals surface area contributed by atoms with Crippen LogP contribution in [0.1, 0.15) is 37.8 Å². The highest BCUT2D eigenvalue weighted by molar-refractivity contribution is 9.10. The van der Waals surface area contributed by atoms with Crippen LogP contribution in [-0.2, 0) is 0 Å². The normalized spacial score (nSPS) is 12.4. The zero-order valence-corrected chi connectivity index (χ0v) is 14.5. The summed E-state index contributed by atoms with van der Waals surface area (Å²) in [4.78, 5) is 0.